The number of hydrogen-bond donors (Lipinski definition) is 0. The van der Waals surface area contributed by atoms with Gasteiger partial charge >= 0.3 is 0 Å². The molecule has 0 fully saturated rings. The van der Waals surface area contributed by atoms with Crippen LogP contribution in [0.1, 0.15) is 47.2 Å². The van der Waals surface area contributed by atoms with E-state index in [-0.39, 0.29) is 5.41 Å². The first-order valence-corrected chi connectivity index (χ1v) is 20.3. The molecule has 0 amide bonds. The van der Waals surface area contributed by atoms with Crippen LogP contribution in [-0.4, -0.2) is 0 Å². The molecule has 2 aliphatic carbocycles. The highest BCUT2D eigenvalue weighted by Crippen LogP contribution is 2.64. The van der Waals surface area contributed by atoms with Gasteiger partial charge in [-0.3, -0.25) is 0 Å². The molecular formula is C56H39NO. The molecule has 0 saturated heterocycles. The molecule has 9 aromatic rings. The zero-order valence-corrected chi connectivity index (χ0v) is 32.4. The van der Waals surface area contributed by atoms with E-state index in [2.05, 4.69) is 219 Å². The molecule has 1 heterocycles. The van der Waals surface area contributed by atoms with Crippen molar-refractivity contribution in [2.45, 2.75) is 24.7 Å². The van der Waals surface area contributed by atoms with Gasteiger partial charge in [-0.05, 0) is 115 Å². The van der Waals surface area contributed by atoms with E-state index in [1.807, 2.05) is 0 Å². The first-order chi connectivity index (χ1) is 28.5. The number of para-hydroxylation sites is 1. The van der Waals surface area contributed by atoms with Crippen molar-refractivity contribution in [2.24, 2.45) is 0 Å². The van der Waals surface area contributed by atoms with Gasteiger partial charge in [0.15, 0.2) is 0 Å². The monoisotopic (exact) mass is 741 g/mol. The predicted octanol–water partition coefficient (Wildman–Crippen LogP) is 14.8. The number of benzene rings is 9. The van der Waals surface area contributed by atoms with Crippen molar-refractivity contribution in [2.75, 3.05) is 4.90 Å². The fraction of sp³-hybridized carbons (Fsp3) is 0.0714. The lowest BCUT2D eigenvalue weighted by molar-refractivity contribution is 0.438. The molecule has 2 nitrogen and oxygen atoms in total. The topological polar surface area (TPSA) is 12.5 Å². The van der Waals surface area contributed by atoms with E-state index >= 15 is 0 Å². The Hall–Kier alpha value is -7.16. The van der Waals surface area contributed by atoms with Gasteiger partial charge < -0.3 is 9.64 Å². The minimum absolute atomic E-state index is 0.139. The zero-order chi connectivity index (χ0) is 38.6. The number of hydrogen-bond acceptors (Lipinski definition) is 2. The summed E-state index contributed by atoms with van der Waals surface area (Å²) in [5.41, 5.74) is 17.7. The van der Waals surface area contributed by atoms with Crippen molar-refractivity contribution in [3.63, 3.8) is 0 Å². The molecule has 0 bridgehead atoms. The Kier molecular flexibility index (Phi) is 6.93. The fourth-order valence-corrected chi connectivity index (χ4v) is 10.5. The average molecular weight is 742 g/mol. The first kappa shape index (κ1) is 33.0. The van der Waals surface area contributed by atoms with Gasteiger partial charge in [0.1, 0.15) is 11.5 Å². The van der Waals surface area contributed by atoms with Crippen molar-refractivity contribution < 1.29 is 4.74 Å². The number of ether oxygens (including phenoxy) is 1. The van der Waals surface area contributed by atoms with Gasteiger partial charge in [-0.2, -0.15) is 0 Å². The minimum Gasteiger partial charge on any atom is -0.457 e. The second-order valence-corrected chi connectivity index (χ2v) is 16.4. The summed E-state index contributed by atoms with van der Waals surface area (Å²) >= 11 is 0. The fourth-order valence-electron chi connectivity index (χ4n) is 10.5. The largest absolute Gasteiger partial charge is 0.457 e. The summed E-state index contributed by atoms with van der Waals surface area (Å²) in [5.74, 6) is 1.80. The van der Waals surface area contributed by atoms with E-state index in [4.69, 9.17) is 4.74 Å². The summed E-state index contributed by atoms with van der Waals surface area (Å²) in [5, 5.41) is 2.40. The van der Waals surface area contributed by atoms with Gasteiger partial charge in [0.05, 0.1) is 5.41 Å². The van der Waals surface area contributed by atoms with Crippen LogP contribution in [0.3, 0.4) is 0 Å². The minimum atomic E-state index is -0.619. The Morgan fingerprint density at radius 3 is 1.78 bits per heavy atom. The number of anilines is 3. The standard InChI is InChI=1S/C56H39NO/c1-55(2)47-23-10-8-21-43(47)45-30-28-40(34-50(45)55)57(39-19-14-18-38(33-39)36-15-4-3-5-16-36)41-29-31-46-44-22-9-11-24-48(44)56(51(46)35-41)49-25-12-13-26-52(49)58-53-32-27-37-17-6-7-20-42(37)54(53)56/h3-35H,1-2H3. The van der Waals surface area contributed by atoms with Crippen LogP contribution in [0.25, 0.3) is 44.2 Å². The third kappa shape index (κ3) is 4.49. The lowest BCUT2D eigenvalue weighted by Crippen LogP contribution is -2.32. The molecule has 1 spiro atoms. The molecule has 1 atom stereocenters. The molecule has 1 unspecified atom stereocenters. The summed E-state index contributed by atoms with van der Waals surface area (Å²) in [6.07, 6.45) is 0. The number of rotatable bonds is 4. The molecule has 0 N–H and O–H groups in total. The number of nitrogens with zero attached hydrogens (tertiary/aromatic N) is 1. The van der Waals surface area contributed by atoms with Gasteiger partial charge in [0.25, 0.3) is 0 Å². The molecule has 2 heteroatoms. The van der Waals surface area contributed by atoms with Gasteiger partial charge in [0, 0.05) is 33.6 Å². The van der Waals surface area contributed by atoms with Gasteiger partial charge in [-0.15, -0.1) is 0 Å². The summed E-state index contributed by atoms with van der Waals surface area (Å²) < 4.78 is 6.85. The maximum Gasteiger partial charge on any atom is 0.132 e. The lowest BCUT2D eigenvalue weighted by Gasteiger charge is -2.40. The molecule has 0 aromatic heterocycles. The van der Waals surface area contributed by atoms with Crippen molar-refractivity contribution in [1.29, 1.82) is 0 Å². The highest BCUT2D eigenvalue weighted by Gasteiger charge is 2.52. The summed E-state index contributed by atoms with van der Waals surface area (Å²) in [4.78, 5) is 2.47. The molecular weight excluding hydrogens is 703 g/mol. The van der Waals surface area contributed by atoms with Gasteiger partial charge in [0.2, 0.25) is 0 Å². The summed E-state index contributed by atoms with van der Waals surface area (Å²) in [6.45, 7) is 4.73. The van der Waals surface area contributed by atoms with E-state index < -0.39 is 5.41 Å². The quantitative estimate of drug-likeness (QED) is 0.178. The third-order valence-electron chi connectivity index (χ3n) is 13.1. The van der Waals surface area contributed by atoms with Crippen LogP contribution in [0.2, 0.25) is 0 Å². The van der Waals surface area contributed by atoms with Crippen LogP contribution in [0.15, 0.2) is 200 Å². The molecule has 12 rings (SSSR count). The maximum absolute atomic E-state index is 6.85. The Morgan fingerprint density at radius 1 is 0.379 bits per heavy atom. The SMILES string of the molecule is CC1(C)c2ccccc2-c2ccc(N(c3cccc(-c4ccccc4)c3)c3ccc4c(c3)C3(c5ccccc5Oc5ccc6ccccc6c53)c3ccccc3-4)cc21. The van der Waals surface area contributed by atoms with Crippen molar-refractivity contribution in [3.8, 4) is 44.9 Å². The average Bonchev–Trinajstić information content (AvgIpc) is 3.69. The van der Waals surface area contributed by atoms with E-state index in [0.717, 1.165) is 34.1 Å². The van der Waals surface area contributed by atoms with Crippen LogP contribution in [0, 0.1) is 0 Å². The van der Waals surface area contributed by atoms with E-state index in [1.165, 1.54) is 72.0 Å². The van der Waals surface area contributed by atoms with Gasteiger partial charge in [-0.25, -0.2) is 0 Å². The molecule has 1 aliphatic heterocycles. The molecule has 274 valence electrons. The molecule has 58 heavy (non-hydrogen) atoms. The second-order valence-electron chi connectivity index (χ2n) is 16.4. The number of fused-ring (bicyclic) bond motifs is 14. The van der Waals surface area contributed by atoms with Crippen molar-refractivity contribution in [1.82, 2.24) is 0 Å². The molecule has 3 aliphatic rings. The summed E-state index contributed by atoms with van der Waals surface area (Å²) in [6, 6.07) is 73.7. The molecule has 0 radical (unpaired) electrons. The van der Waals surface area contributed by atoms with Crippen LogP contribution >= 0.6 is 0 Å². The predicted molar refractivity (Wildman–Crippen MR) is 239 cm³/mol. The van der Waals surface area contributed by atoms with Gasteiger partial charge in [-0.1, -0.05) is 166 Å². The van der Waals surface area contributed by atoms with Crippen molar-refractivity contribution >= 4 is 27.8 Å². The van der Waals surface area contributed by atoms with Crippen LogP contribution in [0.5, 0.6) is 11.5 Å². The third-order valence-corrected chi connectivity index (χ3v) is 13.1. The first-order valence-electron chi connectivity index (χ1n) is 20.3. The Morgan fingerprint density at radius 2 is 0.966 bits per heavy atom. The lowest BCUT2D eigenvalue weighted by atomic mass is 9.65. The highest BCUT2D eigenvalue weighted by molar-refractivity contribution is 5.98. The smallest absolute Gasteiger partial charge is 0.132 e. The summed E-state index contributed by atoms with van der Waals surface area (Å²) in [7, 11) is 0. The zero-order valence-electron chi connectivity index (χ0n) is 32.4. The van der Waals surface area contributed by atoms with E-state index in [0.29, 0.717) is 0 Å². The van der Waals surface area contributed by atoms with Crippen LogP contribution < -0.4 is 9.64 Å². The van der Waals surface area contributed by atoms with Crippen LogP contribution in [0.4, 0.5) is 17.1 Å². The van der Waals surface area contributed by atoms with Crippen molar-refractivity contribution in [3.05, 3.63) is 234 Å². The second kappa shape index (κ2) is 12.2. The Labute approximate surface area is 339 Å². The van der Waals surface area contributed by atoms with E-state index in [9.17, 15) is 0 Å². The molecule has 9 aromatic carbocycles. The maximum atomic E-state index is 6.85. The normalized spacial score (nSPS) is 16.1. The highest BCUT2D eigenvalue weighted by atomic mass is 16.5. The Balaban J connectivity index is 1.15. The Bertz CT molecular complexity index is 3140. The molecule has 0 saturated carbocycles. The van der Waals surface area contributed by atoms with Crippen LogP contribution in [-0.2, 0) is 10.8 Å². The van der Waals surface area contributed by atoms with E-state index in [1.54, 1.807) is 0 Å².